The predicted molar refractivity (Wildman–Crippen MR) is 104 cm³/mol. The van der Waals surface area contributed by atoms with Gasteiger partial charge in [-0.15, -0.1) is 82.8 Å². The second kappa shape index (κ2) is 9.15. The van der Waals surface area contributed by atoms with E-state index in [4.69, 9.17) is 0 Å². The summed E-state index contributed by atoms with van der Waals surface area (Å²) in [5.74, 6) is 0. The SMILES string of the molecule is C=C[Si](C=C)(c1cc2ccccc2[cH-]1)c1cc2ccccc2[cH-]1.[Cl-].[Cl-].[Zr+4]. The van der Waals surface area contributed by atoms with Crippen molar-refractivity contribution in [2.45, 2.75) is 0 Å². The molecule has 0 fully saturated rings. The molecule has 4 aromatic rings. The standard InChI is InChI=1S/C22H18Si.2ClH.Zr/c1-3-23(4-2,21-13-17-9-5-6-10-18(17)14-21)22-15-19-11-7-8-12-20(19)16-22;;;/h3-16H,1-2H2;2*1H;/q-2;;;+4/p-2. The first-order valence-corrected chi connectivity index (χ1v) is 10.0. The van der Waals surface area contributed by atoms with Gasteiger partial charge in [-0.1, -0.05) is 23.5 Å². The molecule has 128 valence electrons. The van der Waals surface area contributed by atoms with E-state index in [1.165, 1.54) is 31.9 Å². The molecule has 4 rings (SSSR count). The number of hydrogen-bond donors (Lipinski definition) is 0. The average Bonchev–Trinajstić information content (AvgIpc) is 3.21. The van der Waals surface area contributed by atoms with Gasteiger partial charge in [-0.05, 0) is 0 Å². The molecule has 0 amide bonds. The van der Waals surface area contributed by atoms with E-state index in [0.29, 0.717) is 0 Å². The van der Waals surface area contributed by atoms with Crippen LogP contribution in [0.5, 0.6) is 0 Å². The fourth-order valence-electron chi connectivity index (χ4n) is 3.50. The smallest absolute Gasteiger partial charge is 1.00 e. The molecule has 4 heteroatoms. The summed E-state index contributed by atoms with van der Waals surface area (Å²) in [5, 5.41) is 7.88. The van der Waals surface area contributed by atoms with Gasteiger partial charge in [0.1, 0.15) is 8.07 Å². The third kappa shape index (κ3) is 3.62. The second-order valence-corrected chi connectivity index (χ2v) is 9.73. The second-order valence-electron chi connectivity index (χ2n) is 6.02. The Bertz CT molecular complexity index is 879. The van der Waals surface area contributed by atoms with Gasteiger partial charge in [0.2, 0.25) is 0 Å². The molecule has 0 spiro atoms. The minimum atomic E-state index is -2.13. The van der Waals surface area contributed by atoms with Crippen LogP contribution in [0.4, 0.5) is 0 Å². The molecule has 0 atom stereocenters. The topological polar surface area (TPSA) is 0 Å². The summed E-state index contributed by atoms with van der Waals surface area (Å²) in [5.41, 5.74) is 4.28. The van der Waals surface area contributed by atoms with Crippen LogP contribution >= 0.6 is 0 Å². The summed E-state index contributed by atoms with van der Waals surface area (Å²) in [6.07, 6.45) is 0. The maximum atomic E-state index is 4.19. The molecule has 0 aliphatic carbocycles. The molecule has 0 N–H and O–H groups in total. The number of hydrogen-bond acceptors (Lipinski definition) is 0. The molecular weight excluding hydrogens is 454 g/mol. The van der Waals surface area contributed by atoms with Gasteiger partial charge >= 0.3 is 26.2 Å². The van der Waals surface area contributed by atoms with Crippen molar-refractivity contribution in [3.8, 4) is 0 Å². The zero-order valence-corrected chi connectivity index (χ0v) is 19.2. The summed E-state index contributed by atoms with van der Waals surface area (Å²) in [7, 11) is -2.13. The molecule has 0 saturated carbocycles. The van der Waals surface area contributed by atoms with Crippen molar-refractivity contribution in [3.05, 3.63) is 97.4 Å². The summed E-state index contributed by atoms with van der Waals surface area (Å²) in [6, 6.07) is 26.3. The summed E-state index contributed by atoms with van der Waals surface area (Å²) < 4.78 is 0. The van der Waals surface area contributed by atoms with Gasteiger partial charge < -0.3 is 24.8 Å². The monoisotopic (exact) mass is 470 g/mol. The van der Waals surface area contributed by atoms with E-state index < -0.39 is 8.07 Å². The molecule has 0 unspecified atom stereocenters. The van der Waals surface area contributed by atoms with Crippen LogP contribution in [-0.4, -0.2) is 8.07 Å². The van der Waals surface area contributed by atoms with Gasteiger partial charge in [-0.25, -0.2) is 0 Å². The Morgan fingerprint density at radius 1 is 0.692 bits per heavy atom. The molecule has 0 aromatic heterocycles. The molecule has 4 aromatic carbocycles. The van der Waals surface area contributed by atoms with Crippen molar-refractivity contribution in [2.24, 2.45) is 0 Å². The van der Waals surface area contributed by atoms with Crippen molar-refractivity contribution in [1.82, 2.24) is 0 Å². The molecule has 0 aliphatic rings. The van der Waals surface area contributed by atoms with Crippen molar-refractivity contribution in [1.29, 1.82) is 0 Å². The van der Waals surface area contributed by atoms with E-state index in [-0.39, 0.29) is 51.0 Å². The summed E-state index contributed by atoms with van der Waals surface area (Å²) in [6.45, 7) is 8.38. The maximum Gasteiger partial charge on any atom is 4.00 e. The van der Waals surface area contributed by atoms with E-state index in [1.54, 1.807) is 0 Å². The predicted octanol–water partition coefficient (Wildman–Crippen LogP) is -1.55. The Hall–Kier alpha value is -1.18. The van der Waals surface area contributed by atoms with Gasteiger partial charge in [-0.2, -0.15) is 22.9 Å². The summed E-state index contributed by atoms with van der Waals surface area (Å²) >= 11 is 0. The third-order valence-electron chi connectivity index (χ3n) is 4.84. The zero-order chi connectivity index (χ0) is 15.9. The van der Waals surface area contributed by atoms with Crippen molar-refractivity contribution in [3.63, 3.8) is 0 Å². The maximum absolute atomic E-state index is 4.19. The van der Waals surface area contributed by atoms with E-state index in [1.807, 2.05) is 0 Å². The van der Waals surface area contributed by atoms with Crippen LogP contribution in [0.3, 0.4) is 0 Å². The molecule has 0 nitrogen and oxygen atoms in total. The Labute approximate surface area is 187 Å². The minimum Gasteiger partial charge on any atom is -1.00 e. The van der Waals surface area contributed by atoms with Crippen LogP contribution in [0.25, 0.3) is 21.5 Å². The van der Waals surface area contributed by atoms with Crippen LogP contribution in [-0.2, 0) is 26.2 Å². The zero-order valence-electron chi connectivity index (χ0n) is 14.3. The van der Waals surface area contributed by atoms with Gasteiger partial charge in [0.25, 0.3) is 0 Å². The van der Waals surface area contributed by atoms with Crippen molar-refractivity contribution >= 4 is 40.0 Å². The van der Waals surface area contributed by atoms with Crippen LogP contribution in [0.2, 0.25) is 0 Å². The minimum absolute atomic E-state index is 0. The summed E-state index contributed by atoms with van der Waals surface area (Å²) in [4.78, 5) is 0. The van der Waals surface area contributed by atoms with Crippen LogP contribution in [0.1, 0.15) is 0 Å². The molecule has 0 bridgehead atoms. The molecule has 26 heavy (non-hydrogen) atoms. The van der Waals surface area contributed by atoms with E-state index in [0.717, 1.165) is 0 Å². The van der Waals surface area contributed by atoms with Gasteiger partial charge in [-0.3, -0.25) is 0 Å². The number of rotatable bonds is 4. The fraction of sp³-hybridized carbons (Fsp3) is 0. The largest absolute Gasteiger partial charge is 4.00 e. The number of fused-ring (bicyclic) bond motifs is 2. The first-order chi connectivity index (χ1) is 11.3. The third-order valence-corrected chi connectivity index (χ3v) is 8.61. The first kappa shape index (κ1) is 22.9. The van der Waals surface area contributed by atoms with Crippen molar-refractivity contribution < 1.29 is 51.0 Å². The Balaban J connectivity index is 0.00000113. The van der Waals surface area contributed by atoms with Gasteiger partial charge in [0, 0.05) is 0 Å². The van der Waals surface area contributed by atoms with E-state index >= 15 is 0 Å². The van der Waals surface area contributed by atoms with Crippen LogP contribution < -0.4 is 35.2 Å². The van der Waals surface area contributed by atoms with Crippen LogP contribution in [0.15, 0.2) is 97.4 Å². The van der Waals surface area contributed by atoms with E-state index in [9.17, 15) is 0 Å². The molecule has 0 heterocycles. The number of benzene rings is 2. The average molecular weight is 473 g/mol. The number of halogens is 2. The Morgan fingerprint density at radius 3 is 1.42 bits per heavy atom. The quantitative estimate of drug-likeness (QED) is 0.249. The Morgan fingerprint density at radius 2 is 1.08 bits per heavy atom. The molecular formula is C22H18Cl2SiZr. The van der Waals surface area contributed by atoms with Gasteiger partial charge in [0.15, 0.2) is 0 Å². The fourth-order valence-corrected chi connectivity index (χ4v) is 6.52. The molecule has 0 aliphatic heterocycles. The van der Waals surface area contributed by atoms with Crippen molar-refractivity contribution in [2.75, 3.05) is 0 Å². The van der Waals surface area contributed by atoms with Gasteiger partial charge in [0.05, 0.1) is 0 Å². The molecule has 0 radical (unpaired) electrons. The molecule has 0 saturated heterocycles. The van der Waals surface area contributed by atoms with E-state index in [2.05, 4.69) is 97.4 Å². The normalized spacial score (nSPS) is 10.5. The van der Waals surface area contributed by atoms with Crippen LogP contribution in [0, 0.1) is 0 Å². The Kier molecular flexibility index (Phi) is 8.04. The first-order valence-electron chi connectivity index (χ1n) is 7.86.